The normalized spacial score (nSPS) is 13.5. The second-order valence-corrected chi connectivity index (χ2v) is 10.3. The van der Waals surface area contributed by atoms with Gasteiger partial charge in [0.2, 0.25) is 0 Å². The molecule has 3 N–H and O–H groups in total. The first-order chi connectivity index (χ1) is 22.1. The third kappa shape index (κ3) is 7.02. The van der Waals surface area contributed by atoms with E-state index >= 15 is 0 Å². The molecule has 5 rings (SSSR count). The van der Waals surface area contributed by atoms with Gasteiger partial charge < -0.3 is 39.2 Å². The standard InChI is InChI=1S/C34H29NO11/c1-43-27-15-5-4-13-24(27)22-11-6-8-20(16-22)19-35(26-14-7-10-21-9-2-3-12-23(21)26)31(36)25-17-29(45-33(39)40)30(46-34(41)42)18-28(25)44-32(37)38/h2-6,8-9,11-13,15-18,26H,7,10,14,19H2,1H3,(H,37,38)(H,39,40)(H,41,42)/t26-/m0/s1. The number of hydrogen-bond donors (Lipinski definition) is 3. The smallest absolute Gasteiger partial charge is 0.496 e. The number of carbonyl (C=O) groups excluding carboxylic acids is 1. The van der Waals surface area contributed by atoms with Gasteiger partial charge in [-0.25, -0.2) is 14.4 Å². The van der Waals surface area contributed by atoms with Crippen LogP contribution in [0.25, 0.3) is 11.1 Å². The zero-order valence-corrected chi connectivity index (χ0v) is 24.5. The predicted octanol–water partition coefficient (Wildman–Crippen LogP) is 7.25. The second-order valence-electron chi connectivity index (χ2n) is 10.3. The van der Waals surface area contributed by atoms with Crippen LogP contribution in [-0.2, 0) is 13.0 Å². The molecular formula is C34H29NO11. The minimum Gasteiger partial charge on any atom is -0.496 e. The molecule has 1 aliphatic rings. The lowest BCUT2D eigenvalue weighted by Crippen LogP contribution is -2.36. The number of ether oxygens (including phenoxy) is 4. The highest BCUT2D eigenvalue weighted by Gasteiger charge is 2.33. The van der Waals surface area contributed by atoms with Crippen molar-refractivity contribution >= 4 is 24.4 Å². The lowest BCUT2D eigenvalue weighted by Gasteiger charge is -2.36. The first kappa shape index (κ1) is 31.4. The van der Waals surface area contributed by atoms with Crippen molar-refractivity contribution in [3.63, 3.8) is 0 Å². The molecule has 4 aromatic rings. The van der Waals surface area contributed by atoms with Gasteiger partial charge in [0, 0.05) is 24.2 Å². The molecule has 0 radical (unpaired) electrons. The summed E-state index contributed by atoms with van der Waals surface area (Å²) in [7, 11) is 1.58. The van der Waals surface area contributed by atoms with Crippen LogP contribution >= 0.6 is 0 Å². The molecule has 0 aromatic heterocycles. The van der Waals surface area contributed by atoms with Crippen LogP contribution < -0.4 is 18.9 Å². The largest absolute Gasteiger partial charge is 0.511 e. The highest BCUT2D eigenvalue weighted by atomic mass is 16.7. The van der Waals surface area contributed by atoms with Crippen molar-refractivity contribution in [3.8, 4) is 34.1 Å². The number of methoxy groups -OCH3 is 1. The van der Waals surface area contributed by atoms with E-state index in [9.17, 15) is 29.4 Å². The summed E-state index contributed by atoms with van der Waals surface area (Å²) in [6, 6.07) is 24.0. The summed E-state index contributed by atoms with van der Waals surface area (Å²) in [6.07, 6.45) is -3.27. The van der Waals surface area contributed by atoms with Crippen molar-refractivity contribution in [2.24, 2.45) is 0 Å². The summed E-state index contributed by atoms with van der Waals surface area (Å²) in [6.45, 7) is 0.0653. The van der Waals surface area contributed by atoms with Gasteiger partial charge in [-0.2, -0.15) is 0 Å². The monoisotopic (exact) mass is 627 g/mol. The van der Waals surface area contributed by atoms with Crippen LogP contribution in [0.2, 0.25) is 0 Å². The van der Waals surface area contributed by atoms with Crippen molar-refractivity contribution in [2.75, 3.05) is 7.11 Å². The number of rotatable bonds is 9. The fourth-order valence-corrected chi connectivity index (χ4v) is 5.68. The number of benzene rings is 4. The molecule has 12 heteroatoms. The van der Waals surface area contributed by atoms with Crippen LogP contribution in [0.3, 0.4) is 0 Å². The Hall–Kier alpha value is -6.04. The van der Waals surface area contributed by atoms with Gasteiger partial charge in [-0.05, 0) is 53.6 Å². The van der Waals surface area contributed by atoms with E-state index in [1.807, 2.05) is 72.8 Å². The van der Waals surface area contributed by atoms with Gasteiger partial charge in [-0.1, -0.05) is 60.7 Å². The Labute approximate surface area is 262 Å². The summed E-state index contributed by atoms with van der Waals surface area (Å²) in [5, 5.41) is 27.9. The van der Waals surface area contributed by atoms with E-state index in [4.69, 9.17) is 19.3 Å². The van der Waals surface area contributed by atoms with Crippen molar-refractivity contribution in [2.45, 2.75) is 31.8 Å². The summed E-state index contributed by atoms with van der Waals surface area (Å²) in [5.41, 5.74) is 4.02. The Morgan fingerprint density at radius 1 is 0.739 bits per heavy atom. The van der Waals surface area contributed by atoms with Crippen molar-refractivity contribution in [3.05, 3.63) is 107 Å². The third-order valence-electron chi connectivity index (χ3n) is 7.54. The average Bonchev–Trinajstić information content (AvgIpc) is 3.03. The molecule has 1 amide bonds. The Morgan fingerprint density at radius 2 is 1.39 bits per heavy atom. The fraction of sp³-hybridized carbons (Fsp3) is 0.176. The molecule has 236 valence electrons. The Bertz CT molecular complexity index is 1800. The molecule has 4 aromatic carbocycles. The minimum absolute atomic E-state index is 0.0653. The lowest BCUT2D eigenvalue weighted by atomic mass is 9.86. The number of hydrogen-bond acceptors (Lipinski definition) is 8. The van der Waals surface area contributed by atoms with E-state index in [1.165, 1.54) is 0 Å². The molecule has 0 saturated heterocycles. The molecule has 0 aliphatic heterocycles. The summed E-state index contributed by atoms with van der Waals surface area (Å²) < 4.78 is 19.8. The molecule has 46 heavy (non-hydrogen) atoms. The van der Waals surface area contributed by atoms with E-state index in [0.717, 1.165) is 52.8 Å². The summed E-state index contributed by atoms with van der Waals surface area (Å²) in [5.74, 6) is -1.93. The zero-order valence-electron chi connectivity index (χ0n) is 24.5. The van der Waals surface area contributed by atoms with Crippen LogP contribution in [0.1, 0.15) is 45.9 Å². The quantitative estimate of drug-likeness (QED) is 0.126. The highest BCUT2D eigenvalue weighted by molar-refractivity contribution is 5.99. The molecule has 0 fully saturated rings. The minimum atomic E-state index is -1.83. The average molecular weight is 628 g/mol. The van der Waals surface area contributed by atoms with E-state index in [0.29, 0.717) is 12.2 Å². The topological polar surface area (TPSA) is 169 Å². The van der Waals surface area contributed by atoms with Crippen LogP contribution in [0, 0.1) is 0 Å². The van der Waals surface area contributed by atoms with Gasteiger partial charge in [0.15, 0.2) is 17.2 Å². The lowest BCUT2D eigenvalue weighted by molar-refractivity contribution is 0.0633. The first-order valence-corrected chi connectivity index (χ1v) is 14.2. The molecule has 0 spiro atoms. The van der Waals surface area contributed by atoms with Gasteiger partial charge in [-0.3, -0.25) is 4.79 Å². The predicted molar refractivity (Wildman–Crippen MR) is 163 cm³/mol. The van der Waals surface area contributed by atoms with Crippen molar-refractivity contribution < 1.29 is 53.4 Å². The van der Waals surface area contributed by atoms with Gasteiger partial charge >= 0.3 is 18.5 Å². The van der Waals surface area contributed by atoms with Gasteiger partial charge in [0.25, 0.3) is 5.91 Å². The van der Waals surface area contributed by atoms with E-state index in [1.54, 1.807) is 12.0 Å². The maximum atomic E-state index is 14.6. The maximum absolute atomic E-state index is 14.6. The molecule has 0 bridgehead atoms. The van der Waals surface area contributed by atoms with Crippen LogP contribution in [0.15, 0.2) is 84.9 Å². The maximum Gasteiger partial charge on any atom is 0.511 e. The molecule has 0 heterocycles. The van der Waals surface area contributed by atoms with Crippen molar-refractivity contribution in [1.82, 2.24) is 4.90 Å². The van der Waals surface area contributed by atoms with Gasteiger partial charge in [0.1, 0.15) is 5.75 Å². The Morgan fingerprint density at radius 3 is 2.11 bits per heavy atom. The number of carboxylic acid groups (broad SMARTS) is 3. The third-order valence-corrected chi connectivity index (χ3v) is 7.54. The van der Waals surface area contributed by atoms with Crippen molar-refractivity contribution in [1.29, 1.82) is 0 Å². The molecule has 1 atom stereocenters. The SMILES string of the molecule is COc1ccccc1-c1cccc(CN(C(=O)c2cc(OC(=O)O)c(OC(=O)O)cc2OC(=O)O)[C@H]2CCCc3ccccc32)c1. The number of carbonyl (C=O) groups is 4. The number of amides is 1. The number of aryl methyl sites for hydroxylation is 1. The molecular weight excluding hydrogens is 598 g/mol. The zero-order chi connectivity index (χ0) is 32.8. The number of nitrogens with zero attached hydrogens (tertiary/aromatic N) is 1. The molecule has 0 unspecified atom stereocenters. The van der Waals surface area contributed by atoms with Gasteiger partial charge in [0.05, 0.1) is 18.7 Å². The molecule has 12 nitrogen and oxygen atoms in total. The van der Waals surface area contributed by atoms with Crippen LogP contribution in [0.4, 0.5) is 14.4 Å². The van der Waals surface area contributed by atoms with Crippen LogP contribution in [-0.4, -0.2) is 51.7 Å². The van der Waals surface area contributed by atoms with E-state index in [2.05, 4.69) is 4.74 Å². The molecule has 1 aliphatic carbocycles. The highest BCUT2D eigenvalue weighted by Crippen LogP contribution is 2.41. The molecule has 0 saturated carbocycles. The fourth-order valence-electron chi connectivity index (χ4n) is 5.68. The first-order valence-electron chi connectivity index (χ1n) is 14.2. The second kappa shape index (κ2) is 13.7. The number of fused-ring (bicyclic) bond motifs is 1. The Kier molecular flexibility index (Phi) is 9.36. The van der Waals surface area contributed by atoms with Gasteiger partial charge in [-0.15, -0.1) is 0 Å². The summed E-state index contributed by atoms with van der Waals surface area (Å²) >= 11 is 0. The summed E-state index contributed by atoms with van der Waals surface area (Å²) in [4.78, 5) is 50.5. The Balaban J connectivity index is 1.64. The van der Waals surface area contributed by atoms with Crippen LogP contribution in [0.5, 0.6) is 23.0 Å². The number of para-hydroxylation sites is 1. The van der Waals surface area contributed by atoms with E-state index in [-0.39, 0.29) is 12.1 Å². The van der Waals surface area contributed by atoms with E-state index < -0.39 is 47.7 Å².